The Morgan fingerprint density at radius 2 is 1.81 bits per heavy atom. The van der Waals surface area contributed by atoms with Crippen LogP contribution >= 0.6 is 11.3 Å². The molecule has 0 bridgehead atoms. The SMILES string of the molecule is CCCNC(=O)CN(C)CC(=O)NC(c1ccc(C)cc1)c1cccs1. The van der Waals surface area contributed by atoms with E-state index in [0.717, 1.165) is 16.9 Å². The van der Waals surface area contributed by atoms with E-state index in [9.17, 15) is 9.59 Å². The van der Waals surface area contributed by atoms with Gasteiger partial charge >= 0.3 is 0 Å². The van der Waals surface area contributed by atoms with Gasteiger partial charge in [0.1, 0.15) is 0 Å². The van der Waals surface area contributed by atoms with E-state index < -0.39 is 0 Å². The summed E-state index contributed by atoms with van der Waals surface area (Å²) in [6.07, 6.45) is 0.898. The van der Waals surface area contributed by atoms with Crippen molar-refractivity contribution in [2.75, 3.05) is 26.7 Å². The normalized spacial score (nSPS) is 12.0. The van der Waals surface area contributed by atoms with E-state index in [-0.39, 0.29) is 30.9 Å². The fourth-order valence-corrected chi connectivity index (χ4v) is 3.41. The van der Waals surface area contributed by atoms with Crippen molar-refractivity contribution in [1.29, 1.82) is 0 Å². The lowest BCUT2D eigenvalue weighted by atomic mass is 10.0. The Balaban J connectivity index is 1.98. The van der Waals surface area contributed by atoms with Crippen LogP contribution in [-0.2, 0) is 9.59 Å². The molecule has 0 radical (unpaired) electrons. The monoisotopic (exact) mass is 373 g/mol. The molecule has 1 heterocycles. The van der Waals surface area contributed by atoms with Crippen LogP contribution in [0.3, 0.4) is 0 Å². The lowest BCUT2D eigenvalue weighted by Crippen LogP contribution is -2.42. The van der Waals surface area contributed by atoms with Crippen LogP contribution in [0.4, 0.5) is 0 Å². The van der Waals surface area contributed by atoms with Crippen LogP contribution in [-0.4, -0.2) is 43.4 Å². The van der Waals surface area contributed by atoms with Gasteiger partial charge < -0.3 is 10.6 Å². The maximum Gasteiger partial charge on any atom is 0.234 e. The maximum atomic E-state index is 12.5. The number of benzene rings is 1. The van der Waals surface area contributed by atoms with E-state index in [2.05, 4.69) is 10.6 Å². The molecule has 0 fully saturated rings. The standard InChI is InChI=1S/C20H27N3O2S/c1-4-11-21-18(24)13-23(3)14-19(25)22-20(17-6-5-12-26-17)16-9-7-15(2)8-10-16/h5-10,12,20H,4,11,13-14H2,1-3H3,(H,21,24)(H,22,25). The first kappa shape index (κ1) is 20.1. The lowest BCUT2D eigenvalue weighted by Gasteiger charge is -2.21. The van der Waals surface area contributed by atoms with Crippen LogP contribution in [0.5, 0.6) is 0 Å². The number of rotatable bonds is 9. The van der Waals surface area contributed by atoms with Crippen molar-refractivity contribution in [3.05, 3.63) is 57.8 Å². The number of likely N-dealkylation sites (N-methyl/N-ethyl adjacent to an activating group) is 1. The molecular formula is C20H27N3O2S. The van der Waals surface area contributed by atoms with Crippen molar-refractivity contribution in [1.82, 2.24) is 15.5 Å². The van der Waals surface area contributed by atoms with E-state index in [0.29, 0.717) is 6.54 Å². The lowest BCUT2D eigenvalue weighted by molar-refractivity contribution is -0.124. The Labute approximate surface area is 159 Å². The predicted octanol–water partition coefficient (Wildman–Crippen LogP) is 2.72. The van der Waals surface area contributed by atoms with Gasteiger partial charge in [-0.1, -0.05) is 42.8 Å². The minimum absolute atomic E-state index is 0.0597. The Kier molecular flexibility index (Phi) is 7.81. The molecule has 1 aromatic carbocycles. The Morgan fingerprint density at radius 3 is 2.42 bits per heavy atom. The molecule has 5 nitrogen and oxygen atoms in total. The molecule has 0 aliphatic rings. The summed E-state index contributed by atoms with van der Waals surface area (Å²) >= 11 is 1.62. The Bertz CT molecular complexity index is 698. The molecule has 140 valence electrons. The van der Waals surface area contributed by atoms with Crippen LogP contribution in [0.2, 0.25) is 0 Å². The van der Waals surface area contributed by atoms with Gasteiger partial charge in [0, 0.05) is 11.4 Å². The molecule has 1 atom stereocenters. The zero-order valence-electron chi connectivity index (χ0n) is 15.6. The molecule has 6 heteroatoms. The first-order valence-corrected chi connectivity index (χ1v) is 9.72. The van der Waals surface area contributed by atoms with E-state index in [4.69, 9.17) is 0 Å². The number of carbonyl (C=O) groups excluding carboxylic acids is 2. The van der Waals surface area contributed by atoms with Gasteiger partial charge in [0.25, 0.3) is 0 Å². The summed E-state index contributed by atoms with van der Waals surface area (Å²) in [7, 11) is 1.77. The van der Waals surface area contributed by atoms with Crippen LogP contribution in [0, 0.1) is 6.92 Å². The molecule has 0 aliphatic carbocycles. The van der Waals surface area contributed by atoms with Crippen LogP contribution in [0.1, 0.15) is 35.4 Å². The zero-order valence-corrected chi connectivity index (χ0v) is 16.4. The van der Waals surface area contributed by atoms with Gasteiger partial charge in [-0.05, 0) is 37.4 Å². The zero-order chi connectivity index (χ0) is 18.9. The summed E-state index contributed by atoms with van der Waals surface area (Å²) in [6, 6.07) is 12.0. The van der Waals surface area contributed by atoms with Gasteiger partial charge in [-0.25, -0.2) is 0 Å². The number of hydrogen-bond acceptors (Lipinski definition) is 4. The molecule has 2 rings (SSSR count). The summed E-state index contributed by atoms with van der Waals surface area (Å²) in [5.41, 5.74) is 2.23. The Hall–Kier alpha value is -2.18. The molecule has 1 aromatic heterocycles. The molecule has 26 heavy (non-hydrogen) atoms. The highest BCUT2D eigenvalue weighted by atomic mass is 32.1. The van der Waals surface area contributed by atoms with E-state index in [1.165, 1.54) is 5.56 Å². The second kappa shape index (κ2) is 10.1. The third-order valence-corrected chi connectivity index (χ3v) is 4.88. The van der Waals surface area contributed by atoms with Crippen LogP contribution in [0.25, 0.3) is 0 Å². The van der Waals surface area contributed by atoms with Gasteiger partial charge in [0.15, 0.2) is 0 Å². The molecule has 0 saturated heterocycles. The highest BCUT2D eigenvalue weighted by Crippen LogP contribution is 2.26. The molecule has 0 spiro atoms. The van der Waals surface area contributed by atoms with Crippen molar-refractivity contribution in [3.8, 4) is 0 Å². The number of hydrogen-bond donors (Lipinski definition) is 2. The fraction of sp³-hybridized carbons (Fsp3) is 0.400. The molecule has 2 N–H and O–H groups in total. The number of nitrogens with zero attached hydrogens (tertiary/aromatic N) is 1. The molecular weight excluding hydrogens is 346 g/mol. The maximum absolute atomic E-state index is 12.5. The number of nitrogens with one attached hydrogen (secondary N) is 2. The van der Waals surface area contributed by atoms with Crippen molar-refractivity contribution >= 4 is 23.2 Å². The topological polar surface area (TPSA) is 61.4 Å². The Morgan fingerprint density at radius 1 is 1.12 bits per heavy atom. The third kappa shape index (κ3) is 6.28. The van der Waals surface area contributed by atoms with Gasteiger partial charge in [-0.3, -0.25) is 14.5 Å². The quantitative estimate of drug-likeness (QED) is 0.710. The second-order valence-electron chi connectivity index (χ2n) is 6.45. The largest absolute Gasteiger partial charge is 0.355 e. The minimum Gasteiger partial charge on any atom is -0.355 e. The predicted molar refractivity (Wildman–Crippen MR) is 106 cm³/mol. The smallest absolute Gasteiger partial charge is 0.234 e. The first-order valence-electron chi connectivity index (χ1n) is 8.84. The van der Waals surface area contributed by atoms with E-state index in [1.807, 2.05) is 55.6 Å². The summed E-state index contributed by atoms with van der Waals surface area (Å²) in [5.74, 6) is -0.162. The third-order valence-electron chi connectivity index (χ3n) is 3.94. The fourth-order valence-electron chi connectivity index (χ4n) is 2.61. The van der Waals surface area contributed by atoms with Crippen molar-refractivity contribution in [2.45, 2.75) is 26.3 Å². The van der Waals surface area contributed by atoms with Gasteiger partial charge in [0.2, 0.25) is 11.8 Å². The van der Waals surface area contributed by atoms with Crippen molar-refractivity contribution in [2.24, 2.45) is 0 Å². The summed E-state index contributed by atoms with van der Waals surface area (Å²) in [5, 5.41) is 7.93. The average molecular weight is 374 g/mol. The van der Waals surface area contributed by atoms with Crippen LogP contribution < -0.4 is 10.6 Å². The van der Waals surface area contributed by atoms with Crippen molar-refractivity contribution in [3.63, 3.8) is 0 Å². The highest BCUT2D eigenvalue weighted by Gasteiger charge is 2.19. The number of carbonyl (C=O) groups is 2. The highest BCUT2D eigenvalue weighted by molar-refractivity contribution is 7.10. The summed E-state index contributed by atoms with van der Waals surface area (Å²) in [4.78, 5) is 27.1. The minimum atomic E-state index is -0.176. The molecule has 2 aromatic rings. The molecule has 1 unspecified atom stereocenters. The summed E-state index contributed by atoms with van der Waals surface area (Å²) < 4.78 is 0. The first-order chi connectivity index (χ1) is 12.5. The second-order valence-corrected chi connectivity index (χ2v) is 7.43. The number of aryl methyl sites for hydroxylation is 1. The molecule has 0 aliphatic heterocycles. The number of amides is 2. The van der Waals surface area contributed by atoms with E-state index >= 15 is 0 Å². The average Bonchev–Trinajstić information content (AvgIpc) is 3.13. The number of thiophene rings is 1. The summed E-state index contributed by atoms with van der Waals surface area (Å²) in [6.45, 7) is 5.09. The van der Waals surface area contributed by atoms with Crippen molar-refractivity contribution < 1.29 is 9.59 Å². The molecule has 2 amide bonds. The molecule has 0 saturated carbocycles. The van der Waals surface area contributed by atoms with E-state index in [1.54, 1.807) is 23.3 Å². The van der Waals surface area contributed by atoms with Gasteiger partial charge in [0.05, 0.1) is 19.1 Å². The van der Waals surface area contributed by atoms with Gasteiger partial charge in [-0.15, -0.1) is 11.3 Å². The van der Waals surface area contributed by atoms with Gasteiger partial charge in [-0.2, -0.15) is 0 Å². The van der Waals surface area contributed by atoms with Crippen LogP contribution in [0.15, 0.2) is 41.8 Å².